The summed E-state index contributed by atoms with van der Waals surface area (Å²) in [7, 11) is 0. The predicted octanol–water partition coefficient (Wildman–Crippen LogP) is 10.5. The van der Waals surface area contributed by atoms with Gasteiger partial charge < -0.3 is 10.1 Å². The van der Waals surface area contributed by atoms with Crippen LogP contribution in [0.25, 0.3) is 16.8 Å². The SMILES string of the molecule is CC/C=C(\NC(CC)CC)c1cc(-c2ccc(C(C)(C)c3cc(Cl)c(OCCCl)c(C#N)c3)cc2)ccc1N=C(C)C. The zero-order chi connectivity index (χ0) is 30.9. The molecule has 0 aromatic heterocycles. The quantitative estimate of drug-likeness (QED) is 0.156. The maximum atomic E-state index is 9.77. The molecule has 0 amide bonds. The average molecular weight is 605 g/mol. The van der Waals surface area contributed by atoms with Crippen molar-refractivity contribution >= 4 is 40.3 Å². The molecule has 0 saturated carbocycles. The van der Waals surface area contributed by atoms with Crippen molar-refractivity contribution in [1.29, 1.82) is 5.26 Å². The van der Waals surface area contributed by atoms with Crippen molar-refractivity contribution in [3.63, 3.8) is 0 Å². The molecule has 3 aromatic rings. The third kappa shape index (κ3) is 7.97. The van der Waals surface area contributed by atoms with Crippen molar-refractivity contribution in [2.45, 2.75) is 79.2 Å². The number of allylic oxidation sites excluding steroid dienone is 1. The van der Waals surface area contributed by atoms with Crippen LogP contribution in [0, 0.1) is 11.3 Å². The molecule has 0 atom stereocenters. The van der Waals surface area contributed by atoms with E-state index in [1.807, 2.05) is 26.0 Å². The molecule has 0 radical (unpaired) electrons. The monoisotopic (exact) mass is 603 g/mol. The highest BCUT2D eigenvalue weighted by Gasteiger charge is 2.26. The van der Waals surface area contributed by atoms with E-state index in [4.69, 9.17) is 32.9 Å². The number of hydrogen-bond acceptors (Lipinski definition) is 4. The lowest BCUT2D eigenvalue weighted by Gasteiger charge is -2.27. The Hall–Kier alpha value is -3.26. The third-order valence-electron chi connectivity index (χ3n) is 7.53. The van der Waals surface area contributed by atoms with Gasteiger partial charge in [0, 0.05) is 28.4 Å². The standard InChI is InChI=1S/C36H43Cl2N3O/c1-8-11-33(41-30(9-2)10-3)31-21-26(14-17-34(31)40-24(4)5)25-12-15-28(16-13-25)36(6,7)29-20-27(23-39)35(32(38)22-29)42-19-18-37/h11-17,20-22,30,41H,8-10,18-19H2,1-7H3/b33-11-. The van der Waals surface area contributed by atoms with Gasteiger partial charge in [-0.25, -0.2) is 0 Å². The molecule has 0 aliphatic heterocycles. The van der Waals surface area contributed by atoms with Gasteiger partial charge >= 0.3 is 0 Å². The number of hydrogen-bond donors (Lipinski definition) is 1. The van der Waals surface area contributed by atoms with E-state index >= 15 is 0 Å². The van der Waals surface area contributed by atoms with Crippen molar-refractivity contribution in [2.24, 2.45) is 4.99 Å². The summed E-state index contributed by atoms with van der Waals surface area (Å²) in [4.78, 5) is 4.87. The number of benzene rings is 3. The van der Waals surface area contributed by atoms with Gasteiger partial charge in [-0.3, -0.25) is 4.99 Å². The molecule has 0 unspecified atom stereocenters. The summed E-state index contributed by atoms with van der Waals surface area (Å²) < 4.78 is 5.65. The fraction of sp³-hybridized carbons (Fsp3) is 0.389. The largest absolute Gasteiger partial charge is 0.489 e. The second-order valence-corrected chi connectivity index (χ2v) is 11.9. The van der Waals surface area contributed by atoms with E-state index in [1.165, 1.54) is 0 Å². The molecule has 0 heterocycles. The highest BCUT2D eigenvalue weighted by Crippen LogP contribution is 2.39. The summed E-state index contributed by atoms with van der Waals surface area (Å²) in [6, 6.07) is 21.5. The normalized spacial score (nSPS) is 11.8. The molecular weight excluding hydrogens is 561 g/mol. The first-order valence-corrected chi connectivity index (χ1v) is 15.7. The van der Waals surface area contributed by atoms with Crippen molar-refractivity contribution < 1.29 is 4.74 Å². The third-order valence-corrected chi connectivity index (χ3v) is 7.97. The van der Waals surface area contributed by atoms with Crippen LogP contribution in [-0.4, -0.2) is 24.2 Å². The molecule has 0 spiro atoms. The molecule has 0 saturated heterocycles. The Labute approximate surface area is 262 Å². The van der Waals surface area contributed by atoms with Crippen molar-refractivity contribution in [3.05, 3.63) is 87.9 Å². The second kappa shape index (κ2) is 15.3. The first-order valence-electron chi connectivity index (χ1n) is 14.8. The fourth-order valence-electron chi connectivity index (χ4n) is 5.00. The van der Waals surface area contributed by atoms with Crippen LogP contribution in [0.15, 0.2) is 65.7 Å². The van der Waals surface area contributed by atoms with Gasteiger partial charge in [0.05, 0.1) is 22.2 Å². The summed E-state index contributed by atoms with van der Waals surface area (Å²) >= 11 is 12.3. The predicted molar refractivity (Wildman–Crippen MR) is 181 cm³/mol. The lowest BCUT2D eigenvalue weighted by Crippen LogP contribution is -2.26. The Morgan fingerprint density at radius 3 is 2.24 bits per heavy atom. The smallest absolute Gasteiger partial charge is 0.155 e. The van der Waals surface area contributed by atoms with Crippen LogP contribution in [0.2, 0.25) is 5.02 Å². The lowest BCUT2D eigenvalue weighted by molar-refractivity contribution is 0.341. The van der Waals surface area contributed by atoms with Crippen molar-refractivity contribution in [1.82, 2.24) is 5.32 Å². The topological polar surface area (TPSA) is 57.4 Å². The molecule has 3 rings (SSSR count). The Balaban J connectivity index is 2.03. The van der Waals surface area contributed by atoms with Crippen molar-refractivity contribution in [3.8, 4) is 22.9 Å². The summed E-state index contributed by atoms with van der Waals surface area (Å²) in [5.74, 6) is 0.702. The van der Waals surface area contributed by atoms with Gasteiger partial charge in [0.1, 0.15) is 12.7 Å². The van der Waals surface area contributed by atoms with Gasteiger partial charge in [0.2, 0.25) is 0 Å². The van der Waals surface area contributed by atoms with Gasteiger partial charge in [0.15, 0.2) is 5.75 Å². The highest BCUT2D eigenvalue weighted by atomic mass is 35.5. The van der Waals surface area contributed by atoms with E-state index in [0.29, 0.717) is 28.3 Å². The highest BCUT2D eigenvalue weighted by molar-refractivity contribution is 6.32. The number of aliphatic imine (C=N–C) groups is 1. The fourth-order valence-corrected chi connectivity index (χ4v) is 5.35. The minimum absolute atomic E-state index is 0.289. The van der Waals surface area contributed by atoms with Gasteiger partial charge in [-0.1, -0.05) is 82.6 Å². The number of nitriles is 1. The number of alkyl halides is 1. The summed E-state index contributed by atoms with van der Waals surface area (Å²) in [6.45, 7) is 15.2. The molecular formula is C36H43Cl2N3O. The minimum Gasteiger partial charge on any atom is -0.489 e. The van der Waals surface area contributed by atoms with E-state index in [1.54, 1.807) is 0 Å². The van der Waals surface area contributed by atoms with Gasteiger partial charge in [0.25, 0.3) is 0 Å². The van der Waals surface area contributed by atoms with E-state index < -0.39 is 5.41 Å². The van der Waals surface area contributed by atoms with Crippen molar-refractivity contribution in [2.75, 3.05) is 12.5 Å². The first kappa shape index (κ1) is 33.2. The Morgan fingerprint density at radius 1 is 1.00 bits per heavy atom. The van der Waals surface area contributed by atoms with Gasteiger partial charge in [-0.2, -0.15) is 5.26 Å². The van der Waals surface area contributed by atoms with Crippen LogP contribution in [0.4, 0.5) is 5.69 Å². The molecule has 0 bridgehead atoms. The lowest BCUT2D eigenvalue weighted by atomic mass is 9.77. The molecule has 42 heavy (non-hydrogen) atoms. The zero-order valence-corrected chi connectivity index (χ0v) is 27.5. The number of rotatable bonds is 13. The van der Waals surface area contributed by atoms with Crippen LogP contribution in [-0.2, 0) is 5.41 Å². The van der Waals surface area contributed by atoms with Gasteiger partial charge in [-0.15, -0.1) is 11.6 Å². The maximum absolute atomic E-state index is 9.77. The molecule has 222 valence electrons. The Bertz CT molecular complexity index is 1460. The number of nitrogens with one attached hydrogen (secondary N) is 1. The maximum Gasteiger partial charge on any atom is 0.155 e. The zero-order valence-electron chi connectivity index (χ0n) is 25.9. The van der Waals surface area contributed by atoms with E-state index in [2.05, 4.69) is 94.5 Å². The number of ether oxygens (including phenoxy) is 1. The summed E-state index contributed by atoms with van der Waals surface area (Å²) in [5, 5.41) is 14.0. The Morgan fingerprint density at radius 2 is 1.67 bits per heavy atom. The van der Waals surface area contributed by atoms with Gasteiger partial charge in [-0.05, 0) is 79.6 Å². The number of nitrogens with zero attached hydrogens (tertiary/aromatic N) is 2. The number of halogens is 2. The molecule has 6 heteroatoms. The summed E-state index contributed by atoms with van der Waals surface area (Å²) in [6.07, 6.45) is 5.32. The molecule has 1 N–H and O–H groups in total. The molecule has 4 nitrogen and oxygen atoms in total. The van der Waals surface area contributed by atoms with Crippen LogP contribution < -0.4 is 10.1 Å². The van der Waals surface area contributed by atoms with E-state index in [0.717, 1.165) is 64.2 Å². The first-order chi connectivity index (χ1) is 20.1. The minimum atomic E-state index is -0.391. The van der Waals surface area contributed by atoms with Crippen LogP contribution in [0.1, 0.15) is 90.0 Å². The van der Waals surface area contributed by atoms with E-state index in [-0.39, 0.29) is 6.61 Å². The molecule has 0 aliphatic carbocycles. The second-order valence-electron chi connectivity index (χ2n) is 11.2. The van der Waals surface area contributed by atoms with Crippen LogP contribution in [0.3, 0.4) is 0 Å². The average Bonchev–Trinajstić information content (AvgIpc) is 2.98. The molecule has 0 aliphatic rings. The summed E-state index contributed by atoms with van der Waals surface area (Å²) in [5.41, 5.74) is 8.56. The van der Waals surface area contributed by atoms with Crippen LogP contribution in [0.5, 0.6) is 5.75 Å². The van der Waals surface area contributed by atoms with E-state index in [9.17, 15) is 5.26 Å². The molecule has 3 aromatic carbocycles. The molecule has 0 fully saturated rings. The Kier molecular flexibility index (Phi) is 12.1. The van der Waals surface area contributed by atoms with Crippen LogP contribution >= 0.6 is 23.2 Å².